The average molecular weight is 440 g/mol. The molecule has 0 aromatic heterocycles. The molecule has 0 aromatic carbocycles. The van der Waals surface area contributed by atoms with Crippen molar-refractivity contribution in [3.05, 3.63) is 12.7 Å². The van der Waals surface area contributed by atoms with Gasteiger partial charge in [0.25, 0.3) is 0 Å². The lowest BCUT2D eigenvalue weighted by molar-refractivity contribution is -0.351. The van der Waals surface area contributed by atoms with Gasteiger partial charge in [-0.1, -0.05) is 6.58 Å². The molecular weight excluding hydrogens is 425 g/mol. The van der Waals surface area contributed by atoms with Crippen molar-refractivity contribution in [2.45, 2.75) is 23.6 Å². The summed E-state index contributed by atoms with van der Waals surface area (Å²) < 4.78 is 112. The first-order valence-electron chi connectivity index (χ1n) is 7.44. The fourth-order valence-electron chi connectivity index (χ4n) is 1.99. The summed E-state index contributed by atoms with van der Waals surface area (Å²) >= 11 is 0. The van der Waals surface area contributed by atoms with Crippen LogP contribution in [0.4, 0.5) is 22.0 Å². The number of alkyl halides is 5. The van der Waals surface area contributed by atoms with Crippen LogP contribution in [0.15, 0.2) is 12.7 Å². The molecule has 1 fully saturated rings. The Balaban J connectivity index is 3.22. The maximum atomic E-state index is 13.6. The lowest BCUT2D eigenvalue weighted by Gasteiger charge is -2.38. The molecule has 1 unspecified atom stereocenters. The highest BCUT2D eigenvalue weighted by Gasteiger charge is 2.67. The molecule has 1 rings (SSSR count). The highest BCUT2D eigenvalue weighted by Crippen LogP contribution is 2.38. The Labute approximate surface area is 155 Å². The minimum absolute atomic E-state index is 0.151. The van der Waals surface area contributed by atoms with Gasteiger partial charge in [0.1, 0.15) is 0 Å². The lowest BCUT2D eigenvalue weighted by Crippen LogP contribution is -2.63. The Morgan fingerprint density at radius 2 is 1.71 bits per heavy atom. The summed E-state index contributed by atoms with van der Waals surface area (Å²) in [6.45, 7) is 0.109. The third kappa shape index (κ3) is 5.36. The SMILES string of the molecule is C=CC(=O)OC(OCCC(F)(F)S(=O)(=O)[O-])(C(=O)N1CCOCC1)C(F)(F)F. The number of rotatable bonds is 8. The normalized spacial score (nSPS) is 18.3. The fraction of sp³-hybridized carbons (Fsp3) is 0.692. The molecule has 0 aliphatic carbocycles. The molecule has 0 bridgehead atoms. The van der Waals surface area contributed by atoms with E-state index in [0.717, 1.165) is 0 Å². The standard InChI is InChI=1S/C13H16F5NO8S/c1-2-9(20)27-12(13(16,17)18,10(21)19-4-7-25-8-5-19)26-6-3-11(14,15)28(22,23)24/h2H,1,3-8H2,(H,22,23,24)/p-1. The second kappa shape index (κ2) is 8.67. The Morgan fingerprint density at radius 1 is 1.18 bits per heavy atom. The van der Waals surface area contributed by atoms with Gasteiger partial charge in [0, 0.05) is 25.6 Å². The Hall–Kier alpha value is -1.84. The van der Waals surface area contributed by atoms with E-state index >= 15 is 0 Å². The number of ether oxygens (including phenoxy) is 3. The van der Waals surface area contributed by atoms with Crippen LogP contribution in [0.5, 0.6) is 0 Å². The number of amides is 1. The summed E-state index contributed by atoms with van der Waals surface area (Å²) in [6.07, 6.45) is -7.49. The molecule has 1 aliphatic rings. The molecule has 1 heterocycles. The first kappa shape index (κ1) is 24.2. The Kier molecular flexibility index (Phi) is 7.49. The number of carbonyl (C=O) groups excluding carboxylic acids is 2. The summed E-state index contributed by atoms with van der Waals surface area (Å²) in [6, 6.07) is 0. The van der Waals surface area contributed by atoms with Crippen LogP contribution >= 0.6 is 0 Å². The van der Waals surface area contributed by atoms with E-state index in [2.05, 4.69) is 16.1 Å². The number of esters is 1. The molecule has 1 saturated heterocycles. The van der Waals surface area contributed by atoms with E-state index in [0.29, 0.717) is 4.90 Å². The predicted molar refractivity (Wildman–Crippen MR) is 77.7 cm³/mol. The molecule has 15 heteroatoms. The fourth-order valence-corrected chi connectivity index (χ4v) is 2.33. The van der Waals surface area contributed by atoms with Gasteiger partial charge in [-0.25, -0.2) is 13.2 Å². The molecular formula is C13H15F5NO8S-. The molecule has 1 atom stereocenters. The summed E-state index contributed by atoms with van der Waals surface area (Å²) in [5.74, 6) is -8.05. The van der Waals surface area contributed by atoms with E-state index in [-0.39, 0.29) is 32.4 Å². The summed E-state index contributed by atoms with van der Waals surface area (Å²) in [5, 5.41) is -4.98. The number of nitrogens with zero attached hydrogens (tertiary/aromatic N) is 1. The molecule has 0 N–H and O–H groups in total. The number of halogens is 5. The van der Waals surface area contributed by atoms with E-state index in [9.17, 15) is 44.5 Å². The van der Waals surface area contributed by atoms with E-state index in [1.165, 1.54) is 0 Å². The predicted octanol–water partition coefficient (Wildman–Crippen LogP) is 0.378. The molecule has 162 valence electrons. The molecule has 0 spiro atoms. The summed E-state index contributed by atoms with van der Waals surface area (Å²) in [5.41, 5.74) is 0. The quantitative estimate of drug-likeness (QED) is 0.175. The smallest absolute Gasteiger partial charge is 0.466 e. The van der Waals surface area contributed by atoms with Crippen molar-refractivity contribution < 1.29 is 58.7 Å². The minimum Gasteiger partial charge on any atom is -0.743 e. The van der Waals surface area contributed by atoms with Gasteiger partial charge >= 0.3 is 29.1 Å². The van der Waals surface area contributed by atoms with Gasteiger partial charge in [-0.05, 0) is 0 Å². The number of hydrogen-bond donors (Lipinski definition) is 0. The van der Waals surface area contributed by atoms with Gasteiger partial charge in [0.05, 0.1) is 19.8 Å². The zero-order valence-electron chi connectivity index (χ0n) is 14.0. The van der Waals surface area contributed by atoms with Crippen LogP contribution in [0.2, 0.25) is 0 Å². The third-order valence-electron chi connectivity index (χ3n) is 3.43. The van der Waals surface area contributed by atoms with Crippen molar-refractivity contribution in [1.29, 1.82) is 0 Å². The van der Waals surface area contributed by atoms with E-state index in [1.807, 2.05) is 0 Å². The van der Waals surface area contributed by atoms with E-state index in [4.69, 9.17) is 4.74 Å². The van der Waals surface area contributed by atoms with Gasteiger partial charge in [-0.2, -0.15) is 22.0 Å². The van der Waals surface area contributed by atoms with Crippen LogP contribution in [-0.2, 0) is 33.9 Å². The number of morpholine rings is 1. The van der Waals surface area contributed by atoms with Crippen LogP contribution in [0.3, 0.4) is 0 Å². The van der Waals surface area contributed by atoms with Crippen molar-refractivity contribution >= 4 is 22.0 Å². The van der Waals surface area contributed by atoms with Gasteiger partial charge < -0.3 is 23.7 Å². The Morgan fingerprint density at radius 3 is 2.14 bits per heavy atom. The molecule has 0 aromatic rings. The zero-order chi connectivity index (χ0) is 21.8. The maximum absolute atomic E-state index is 13.6. The van der Waals surface area contributed by atoms with Crippen molar-refractivity contribution in [1.82, 2.24) is 4.90 Å². The van der Waals surface area contributed by atoms with E-state index < -0.39 is 52.2 Å². The minimum atomic E-state index is -6.20. The largest absolute Gasteiger partial charge is 0.743 e. The van der Waals surface area contributed by atoms with Crippen LogP contribution in [0.25, 0.3) is 0 Å². The molecule has 0 saturated carbocycles. The van der Waals surface area contributed by atoms with Gasteiger partial charge in [-0.15, -0.1) is 0 Å². The summed E-state index contributed by atoms with van der Waals surface area (Å²) in [7, 11) is -6.20. The molecule has 28 heavy (non-hydrogen) atoms. The van der Waals surface area contributed by atoms with Gasteiger partial charge in [0.2, 0.25) is 0 Å². The zero-order valence-corrected chi connectivity index (χ0v) is 14.9. The number of carbonyl (C=O) groups is 2. The van der Waals surface area contributed by atoms with Crippen molar-refractivity contribution in [2.24, 2.45) is 0 Å². The monoisotopic (exact) mass is 440 g/mol. The molecule has 0 radical (unpaired) electrons. The molecule has 1 aliphatic heterocycles. The first-order valence-corrected chi connectivity index (χ1v) is 8.85. The third-order valence-corrected chi connectivity index (χ3v) is 4.36. The van der Waals surface area contributed by atoms with Crippen molar-refractivity contribution in [3.63, 3.8) is 0 Å². The van der Waals surface area contributed by atoms with Gasteiger partial charge in [-0.3, -0.25) is 4.79 Å². The summed E-state index contributed by atoms with van der Waals surface area (Å²) in [4.78, 5) is 24.4. The van der Waals surface area contributed by atoms with Crippen molar-refractivity contribution in [3.8, 4) is 0 Å². The second-order valence-corrected chi connectivity index (χ2v) is 6.84. The highest BCUT2D eigenvalue weighted by atomic mass is 32.2. The average Bonchev–Trinajstić information content (AvgIpc) is 2.58. The maximum Gasteiger partial charge on any atom is 0.466 e. The second-order valence-electron chi connectivity index (χ2n) is 5.33. The van der Waals surface area contributed by atoms with Crippen LogP contribution < -0.4 is 0 Å². The Bertz CT molecular complexity index is 704. The molecule has 1 amide bonds. The highest BCUT2D eigenvalue weighted by molar-refractivity contribution is 7.86. The van der Waals surface area contributed by atoms with Gasteiger partial charge in [0.15, 0.2) is 10.1 Å². The van der Waals surface area contributed by atoms with Crippen LogP contribution in [-0.4, -0.2) is 79.9 Å². The van der Waals surface area contributed by atoms with Crippen LogP contribution in [0, 0.1) is 0 Å². The van der Waals surface area contributed by atoms with E-state index in [1.54, 1.807) is 0 Å². The lowest BCUT2D eigenvalue weighted by atomic mass is 10.2. The van der Waals surface area contributed by atoms with Crippen LogP contribution in [0.1, 0.15) is 6.42 Å². The van der Waals surface area contributed by atoms with Crippen molar-refractivity contribution in [2.75, 3.05) is 32.9 Å². The molecule has 9 nitrogen and oxygen atoms in total. The first-order chi connectivity index (χ1) is 12.7. The topological polar surface area (TPSA) is 122 Å². The number of hydrogen-bond acceptors (Lipinski definition) is 8.